The molecule has 1 aromatic rings. The number of sulfonamides is 1. The number of guanidine groups is 1. The van der Waals surface area contributed by atoms with Crippen LogP contribution in [0, 0.1) is 16.7 Å². The maximum absolute atomic E-state index is 13.7. The van der Waals surface area contributed by atoms with Crippen molar-refractivity contribution >= 4 is 33.7 Å². The van der Waals surface area contributed by atoms with E-state index in [1.54, 1.807) is 18.2 Å². The highest BCUT2D eigenvalue weighted by Crippen LogP contribution is 2.64. The van der Waals surface area contributed by atoms with Crippen LogP contribution in [0.1, 0.15) is 50.7 Å². The Kier molecular flexibility index (Phi) is 9.90. The summed E-state index contributed by atoms with van der Waals surface area (Å²) in [5.74, 6) is -3.80. The van der Waals surface area contributed by atoms with E-state index in [9.17, 15) is 36.3 Å². The molecule has 2 saturated carbocycles. The van der Waals surface area contributed by atoms with Gasteiger partial charge in [-0.2, -0.15) is 17.5 Å². The molecule has 0 radical (unpaired) electrons. The Morgan fingerprint density at radius 3 is 2.30 bits per heavy atom. The highest BCUT2D eigenvalue weighted by molar-refractivity contribution is 7.89. The Balaban J connectivity index is 0.000000646. The van der Waals surface area contributed by atoms with Crippen LogP contribution in [0.25, 0.3) is 0 Å². The number of carbonyl (C=O) groups excluding carboxylic acids is 1. The van der Waals surface area contributed by atoms with Gasteiger partial charge in [-0.25, -0.2) is 13.2 Å². The van der Waals surface area contributed by atoms with Crippen LogP contribution in [0.15, 0.2) is 23.4 Å². The lowest BCUT2D eigenvalue weighted by atomic mass is 9.70. The number of nitrogens with zero attached hydrogens (tertiary/aromatic N) is 2. The summed E-state index contributed by atoms with van der Waals surface area (Å²) in [6, 6.07) is 4.01. The van der Waals surface area contributed by atoms with E-state index in [4.69, 9.17) is 30.9 Å². The van der Waals surface area contributed by atoms with E-state index in [0.29, 0.717) is 37.2 Å². The van der Waals surface area contributed by atoms with Crippen molar-refractivity contribution < 1.29 is 55.8 Å². The molecule has 1 aromatic carbocycles. The number of hydrogen-bond acceptors (Lipinski definition) is 8. The van der Waals surface area contributed by atoms with Gasteiger partial charge in [0.1, 0.15) is 24.2 Å². The van der Waals surface area contributed by atoms with Gasteiger partial charge in [-0.1, -0.05) is 19.9 Å². The van der Waals surface area contributed by atoms with E-state index >= 15 is 0 Å². The Hall–Kier alpha value is -3.60. The standard InChI is InChI=1S/C24H34N4O7S.C2HF3O2/c1-23(2)17-6-7-24(23,20(29)12-17)14-36(32,33)28-13-16-10-18(34-8-3-9-35-27-22(25)26)5-4-15(16)11-19(28)21(30)31;3-2(4,5)1(6)7/h4-5,10,17,19H,3,6-9,11-14H2,1-2H3,(H,30,31)(H4,25,26,27);(H,6,7)/t17?,19-,24?;/m0./s1. The number of rotatable bonds is 10. The summed E-state index contributed by atoms with van der Waals surface area (Å²) in [7, 11) is -4.06. The first-order valence-electron chi connectivity index (χ1n) is 13.3. The van der Waals surface area contributed by atoms with Crippen LogP contribution in [0.3, 0.4) is 0 Å². The first-order chi connectivity index (χ1) is 19.8. The molecule has 43 heavy (non-hydrogen) atoms. The molecule has 3 atom stereocenters. The average Bonchev–Trinajstić information content (AvgIpc) is 3.23. The van der Waals surface area contributed by atoms with Gasteiger partial charge in [-0.05, 0) is 52.6 Å². The molecule has 2 bridgehead atoms. The number of oxime groups is 1. The number of benzene rings is 1. The molecule has 1 heterocycles. The van der Waals surface area contributed by atoms with Crippen molar-refractivity contribution in [2.75, 3.05) is 19.0 Å². The van der Waals surface area contributed by atoms with Crippen LogP contribution < -0.4 is 16.2 Å². The van der Waals surface area contributed by atoms with Gasteiger partial charge in [0.2, 0.25) is 16.0 Å². The Morgan fingerprint density at radius 1 is 1.14 bits per heavy atom. The molecule has 13 nitrogen and oxygen atoms in total. The highest BCUT2D eigenvalue weighted by Gasteiger charge is 2.66. The Labute approximate surface area is 246 Å². The van der Waals surface area contributed by atoms with Crippen molar-refractivity contribution in [2.45, 2.75) is 64.7 Å². The number of carboxylic acids is 2. The van der Waals surface area contributed by atoms with Gasteiger partial charge in [-0.15, -0.1) is 0 Å². The summed E-state index contributed by atoms with van der Waals surface area (Å²) in [4.78, 5) is 38.9. The van der Waals surface area contributed by atoms with Gasteiger partial charge in [0, 0.05) is 31.2 Å². The van der Waals surface area contributed by atoms with Crippen molar-refractivity contribution in [1.82, 2.24) is 4.31 Å². The van der Waals surface area contributed by atoms with Crippen LogP contribution >= 0.6 is 0 Å². The minimum Gasteiger partial charge on any atom is -0.493 e. The van der Waals surface area contributed by atoms with Crippen molar-refractivity contribution in [3.63, 3.8) is 0 Å². The van der Waals surface area contributed by atoms with Crippen LogP contribution in [-0.2, 0) is 42.2 Å². The number of nitrogens with two attached hydrogens (primary N) is 2. The molecule has 2 fully saturated rings. The molecule has 0 amide bonds. The number of carboxylic acid groups (broad SMARTS) is 2. The lowest BCUT2D eigenvalue weighted by Gasteiger charge is -2.40. The third-order valence-corrected chi connectivity index (χ3v) is 10.5. The molecule has 0 aromatic heterocycles. The fourth-order valence-electron chi connectivity index (χ4n) is 6.07. The van der Waals surface area contributed by atoms with Crippen molar-refractivity contribution in [1.29, 1.82) is 0 Å². The molecule has 0 saturated heterocycles. The number of halogens is 3. The summed E-state index contributed by atoms with van der Waals surface area (Å²) in [6.45, 7) is 4.42. The van der Waals surface area contributed by atoms with Gasteiger partial charge < -0.3 is 31.3 Å². The number of alkyl halides is 3. The SMILES string of the molecule is CC1(C)C2CCC1(CS(=O)(=O)N1Cc3cc(OCCCON=C(N)N)ccc3C[C@H]1C(=O)O)C(=O)C2.O=C(O)C(F)(F)F. The molecule has 1 aliphatic heterocycles. The molecule has 17 heteroatoms. The van der Waals surface area contributed by atoms with E-state index in [1.165, 1.54) is 0 Å². The van der Waals surface area contributed by atoms with E-state index < -0.39 is 45.0 Å². The van der Waals surface area contributed by atoms with E-state index in [0.717, 1.165) is 16.3 Å². The van der Waals surface area contributed by atoms with Gasteiger partial charge in [0.25, 0.3) is 0 Å². The molecule has 2 unspecified atom stereocenters. The lowest BCUT2D eigenvalue weighted by Crippen LogP contribution is -2.53. The molecule has 0 spiro atoms. The quantitative estimate of drug-likeness (QED) is 0.126. The maximum atomic E-state index is 13.7. The predicted octanol–water partition coefficient (Wildman–Crippen LogP) is 1.83. The van der Waals surface area contributed by atoms with Crippen LogP contribution in [0.2, 0.25) is 0 Å². The lowest BCUT2D eigenvalue weighted by molar-refractivity contribution is -0.192. The zero-order chi connectivity index (χ0) is 32.4. The smallest absolute Gasteiger partial charge is 0.490 e. The Morgan fingerprint density at radius 2 is 1.79 bits per heavy atom. The second-order valence-electron chi connectivity index (χ2n) is 11.3. The largest absolute Gasteiger partial charge is 0.493 e. The molecule has 6 N–H and O–H groups in total. The zero-order valence-corrected chi connectivity index (χ0v) is 24.4. The predicted molar refractivity (Wildman–Crippen MR) is 145 cm³/mol. The fourth-order valence-corrected chi connectivity index (χ4v) is 8.42. The number of Topliss-reactive ketones (excluding diaryl/α,β-unsaturated/α-hetero) is 1. The van der Waals surface area contributed by atoms with Gasteiger partial charge in [0.05, 0.1) is 12.4 Å². The molecule has 3 aliphatic rings. The van der Waals surface area contributed by atoms with Crippen LogP contribution in [0.4, 0.5) is 13.2 Å². The summed E-state index contributed by atoms with van der Waals surface area (Å²) < 4.78 is 66.0. The van der Waals surface area contributed by atoms with E-state index in [2.05, 4.69) is 5.16 Å². The van der Waals surface area contributed by atoms with Crippen LogP contribution in [0.5, 0.6) is 5.75 Å². The monoisotopic (exact) mass is 636 g/mol. The fraction of sp³-hybridized carbons (Fsp3) is 0.615. The number of ketones is 1. The zero-order valence-electron chi connectivity index (χ0n) is 23.6. The second-order valence-corrected chi connectivity index (χ2v) is 13.2. The number of hydrogen-bond donors (Lipinski definition) is 4. The maximum Gasteiger partial charge on any atom is 0.490 e. The molecule has 4 rings (SSSR count). The van der Waals surface area contributed by atoms with E-state index in [-0.39, 0.29) is 43.0 Å². The number of fused-ring (bicyclic) bond motifs is 3. The molecule has 240 valence electrons. The Bertz CT molecular complexity index is 1380. The number of aliphatic carboxylic acids is 2. The third kappa shape index (κ3) is 7.31. The first-order valence-corrected chi connectivity index (χ1v) is 14.9. The number of carbonyl (C=O) groups is 3. The highest BCUT2D eigenvalue weighted by atomic mass is 32.2. The van der Waals surface area contributed by atoms with Gasteiger partial charge in [-0.3, -0.25) is 9.59 Å². The molecule has 2 aliphatic carbocycles. The normalized spacial score (nSPS) is 24.3. The number of ether oxygens (including phenoxy) is 1. The van der Waals surface area contributed by atoms with Gasteiger partial charge in [0.15, 0.2) is 0 Å². The van der Waals surface area contributed by atoms with Gasteiger partial charge >= 0.3 is 18.1 Å². The minimum atomic E-state index is -5.08. The van der Waals surface area contributed by atoms with E-state index in [1.807, 2.05) is 13.8 Å². The van der Waals surface area contributed by atoms with Crippen LogP contribution in [-0.4, -0.2) is 77.8 Å². The molecular weight excluding hydrogens is 601 g/mol. The summed E-state index contributed by atoms with van der Waals surface area (Å²) in [6.07, 6.45) is -2.79. The van der Waals surface area contributed by atoms with Crippen molar-refractivity contribution in [3.8, 4) is 5.75 Å². The topological polar surface area (TPSA) is 212 Å². The van der Waals surface area contributed by atoms with Crippen molar-refractivity contribution in [3.05, 3.63) is 29.3 Å². The average molecular weight is 637 g/mol. The summed E-state index contributed by atoms with van der Waals surface area (Å²) in [5.41, 5.74) is 10.4. The third-order valence-electron chi connectivity index (χ3n) is 8.54. The summed E-state index contributed by atoms with van der Waals surface area (Å²) in [5, 5.41) is 20.4. The van der Waals surface area contributed by atoms with Crippen molar-refractivity contribution in [2.24, 2.45) is 33.4 Å². The minimum absolute atomic E-state index is 0.0175. The second kappa shape index (κ2) is 12.6. The first kappa shape index (κ1) is 33.9. The molecular formula is C26H35F3N4O9S. The summed E-state index contributed by atoms with van der Waals surface area (Å²) >= 11 is 0.